The van der Waals surface area contributed by atoms with E-state index < -0.39 is 6.10 Å². The lowest BCUT2D eigenvalue weighted by molar-refractivity contribution is 0.0852. The highest BCUT2D eigenvalue weighted by Crippen LogP contribution is 2.35. The third kappa shape index (κ3) is 4.95. The summed E-state index contributed by atoms with van der Waals surface area (Å²) in [5.74, 6) is 3.68. The standard InChI is InChI=1S/C26H27N3O5S/c1-4-31-21-13-17(9-10-19(21)32-12-11-16(2)3)14-23-25(30)29-26(35-23)27-24(28-29)22-15-33-18-7-5-6-8-20(18)34-22/h5-10,13-14,16,22H,4,11-12,15H2,1-3H3/b23-14-/t22-/m1/s1. The number of para-hydroxylation sites is 2. The zero-order chi connectivity index (χ0) is 24.4. The number of fused-ring (bicyclic) bond motifs is 2. The monoisotopic (exact) mass is 493 g/mol. The van der Waals surface area contributed by atoms with Gasteiger partial charge in [-0.05, 0) is 55.2 Å². The van der Waals surface area contributed by atoms with Gasteiger partial charge in [-0.3, -0.25) is 4.79 Å². The second-order valence-electron chi connectivity index (χ2n) is 8.61. The molecule has 0 spiro atoms. The summed E-state index contributed by atoms with van der Waals surface area (Å²) in [5.41, 5.74) is 0.614. The molecular weight excluding hydrogens is 466 g/mol. The molecule has 0 radical (unpaired) electrons. The Hall–Kier alpha value is -3.59. The Morgan fingerprint density at radius 1 is 1.17 bits per heavy atom. The van der Waals surface area contributed by atoms with Crippen LogP contribution in [0.15, 0.2) is 47.3 Å². The SMILES string of the molecule is CCOc1cc(/C=c2\sc3nc([C@H]4COc5ccccc5O4)nn3c2=O)ccc1OCCC(C)C. The second kappa shape index (κ2) is 9.95. The lowest BCUT2D eigenvalue weighted by Crippen LogP contribution is -2.26. The van der Waals surface area contributed by atoms with Gasteiger partial charge < -0.3 is 18.9 Å². The van der Waals surface area contributed by atoms with Crippen molar-refractivity contribution in [2.24, 2.45) is 5.92 Å². The molecule has 1 aliphatic heterocycles. The Morgan fingerprint density at radius 2 is 2.00 bits per heavy atom. The van der Waals surface area contributed by atoms with Gasteiger partial charge in [0.05, 0.1) is 17.7 Å². The molecule has 0 amide bonds. The van der Waals surface area contributed by atoms with Gasteiger partial charge in [0.1, 0.15) is 6.61 Å². The van der Waals surface area contributed by atoms with E-state index in [1.54, 1.807) is 0 Å². The fraction of sp³-hybridized carbons (Fsp3) is 0.346. The van der Waals surface area contributed by atoms with Crippen LogP contribution in [0.4, 0.5) is 0 Å². The van der Waals surface area contributed by atoms with E-state index in [0.29, 0.717) is 57.4 Å². The summed E-state index contributed by atoms with van der Waals surface area (Å²) in [7, 11) is 0. The smallest absolute Gasteiger partial charge is 0.291 e. The Morgan fingerprint density at radius 3 is 2.77 bits per heavy atom. The maximum absolute atomic E-state index is 13.0. The summed E-state index contributed by atoms with van der Waals surface area (Å²) < 4.78 is 25.3. The molecule has 1 atom stereocenters. The van der Waals surface area contributed by atoms with Crippen LogP contribution in [0, 0.1) is 5.92 Å². The van der Waals surface area contributed by atoms with Crippen molar-refractivity contribution in [2.75, 3.05) is 19.8 Å². The van der Waals surface area contributed by atoms with Gasteiger partial charge in [-0.1, -0.05) is 43.4 Å². The molecule has 0 unspecified atom stereocenters. The van der Waals surface area contributed by atoms with Gasteiger partial charge in [0.25, 0.3) is 5.56 Å². The molecular formula is C26H27N3O5S. The Balaban J connectivity index is 1.39. The molecule has 9 heteroatoms. The summed E-state index contributed by atoms with van der Waals surface area (Å²) in [6, 6.07) is 13.1. The number of ether oxygens (including phenoxy) is 4. The third-order valence-electron chi connectivity index (χ3n) is 5.51. The fourth-order valence-corrected chi connectivity index (χ4v) is 4.60. The van der Waals surface area contributed by atoms with Crippen LogP contribution in [0.1, 0.15) is 44.7 Å². The van der Waals surface area contributed by atoms with Crippen LogP contribution in [-0.2, 0) is 0 Å². The molecule has 5 rings (SSSR count). The summed E-state index contributed by atoms with van der Waals surface area (Å²) in [5, 5.41) is 4.41. The first-order valence-corrected chi connectivity index (χ1v) is 12.5. The molecule has 0 saturated carbocycles. The largest absolute Gasteiger partial charge is 0.490 e. The lowest BCUT2D eigenvalue weighted by atomic mass is 10.1. The van der Waals surface area contributed by atoms with Gasteiger partial charge in [0.15, 0.2) is 34.9 Å². The molecule has 8 nitrogen and oxygen atoms in total. The lowest BCUT2D eigenvalue weighted by Gasteiger charge is -2.24. The molecule has 182 valence electrons. The van der Waals surface area contributed by atoms with Crippen LogP contribution < -0.4 is 29.0 Å². The molecule has 0 aliphatic carbocycles. The van der Waals surface area contributed by atoms with Crippen molar-refractivity contribution < 1.29 is 18.9 Å². The highest BCUT2D eigenvalue weighted by Gasteiger charge is 2.27. The predicted molar refractivity (Wildman–Crippen MR) is 134 cm³/mol. The van der Waals surface area contributed by atoms with E-state index >= 15 is 0 Å². The van der Waals surface area contributed by atoms with Gasteiger partial charge in [-0.25, -0.2) is 0 Å². The highest BCUT2D eigenvalue weighted by atomic mass is 32.1. The summed E-state index contributed by atoms with van der Waals surface area (Å²) in [4.78, 5) is 18.1. The molecule has 35 heavy (non-hydrogen) atoms. The van der Waals surface area contributed by atoms with E-state index in [1.165, 1.54) is 15.9 Å². The fourth-order valence-electron chi connectivity index (χ4n) is 3.69. The molecule has 0 saturated heterocycles. The van der Waals surface area contributed by atoms with E-state index in [9.17, 15) is 4.79 Å². The Bertz CT molecular complexity index is 1450. The Labute approximate surface area is 206 Å². The number of hydrogen-bond acceptors (Lipinski definition) is 8. The van der Waals surface area contributed by atoms with Gasteiger partial charge in [-0.15, -0.1) is 5.10 Å². The van der Waals surface area contributed by atoms with Crippen molar-refractivity contribution in [3.05, 3.63) is 68.7 Å². The van der Waals surface area contributed by atoms with Gasteiger partial charge >= 0.3 is 0 Å². The van der Waals surface area contributed by atoms with E-state index in [2.05, 4.69) is 23.9 Å². The number of aromatic nitrogens is 3. The summed E-state index contributed by atoms with van der Waals surface area (Å²) in [6.45, 7) is 7.69. The molecule has 2 aromatic carbocycles. The molecule has 3 heterocycles. The topological polar surface area (TPSA) is 84.2 Å². The zero-order valence-corrected chi connectivity index (χ0v) is 20.7. The van der Waals surface area contributed by atoms with Crippen LogP contribution in [0.25, 0.3) is 11.0 Å². The maximum Gasteiger partial charge on any atom is 0.291 e. The zero-order valence-electron chi connectivity index (χ0n) is 19.9. The average Bonchev–Trinajstić information content (AvgIpc) is 3.39. The molecule has 4 aromatic rings. The van der Waals surface area contributed by atoms with Gasteiger partial charge in [-0.2, -0.15) is 9.50 Å². The van der Waals surface area contributed by atoms with E-state index in [-0.39, 0.29) is 12.2 Å². The van der Waals surface area contributed by atoms with Gasteiger partial charge in [0, 0.05) is 0 Å². The molecule has 0 fully saturated rings. The minimum atomic E-state index is -0.471. The maximum atomic E-state index is 13.0. The van der Waals surface area contributed by atoms with Crippen molar-refractivity contribution >= 4 is 22.4 Å². The van der Waals surface area contributed by atoms with E-state index in [0.717, 1.165) is 12.0 Å². The first-order valence-electron chi connectivity index (χ1n) is 11.7. The van der Waals surface area contributed by atoms with Crippen LogP contribution in [0.3, 0.4) is 0 Å². The summed E-state index contributed by atoms with van der Waals surface area (Å²) in [6.07, 6.45) is 2.31. The van der Waals surface area contributed by atoms with Crippen molar-refractivity contribution in [1.29, 1.82) is 0 Å². The van der Waals surface area contributed by atoms with E-state index in [4.69, 9.17) is 18.9 Å². The molecule has 0 N–H and O–H groups in total. The number of thiazole rings is 1. The van der Waals surface area contributed by atoms with Crippen molar-refractivity contribution in [1.82, 2.24) is 14.6 Å². The summed E-state index contributed by atoms with van der Waals surface area (Å²) >= 11 is 1.28. The van der Waals surface area contributed by atoms with Crippen LogP contribution >= 0.6 is 11.3 Å². The van der Waals surface area contributed by atoms with Crippen LogP contribution in [-0.4, -0.2) is 34.4 Å². The normalized spacial score (nSPS) is 15.7. The predicted octanol–water partition coefficient (Wildman–Crippen LogP) is 4.03. The van der Waals surface area contributed by atoms with Gasteiger partial charge in [0.2, 0.25) is 4.96 Å². The third-order valence-corrected chi connectivity index (χ3v) is 6.47. The van der Waals surface area contributed by atoms with E-state index in [1.807, 2.05) is 55.5 Å². The number of hydrogen-bond donors (Lipinski definition) is 0. The number of rotatable bonds is 8. The molecule has 1 aliphatic rings. The van der Waals surface area contributed by atoms with Crippen LogP contribution in [0.5, 0.6) is 23.0 Å². The Kier molecular flexibility index (Phi) is 6.59. The highest BCUT2D eigenvalue weighted by molar-refractivity contribution is 7.15. The second-order valence-corrected chi connectivity index (χ2v) is 9.62. The first kappa shape index (κ1) is 23.2. The van der Waals surface area contributed by atoms with Crippen molar-refractivity contribution in [3.8, 4) is 23.0 Å². The molecule has 0 bridgehead atoms. The quantitative estimate of drug-likeness (QED) is 0.366. The number of benzene rings is 2. The van der Waals surface area contributed by atoms with Crippen LogP contribution in [0.2, 0.25) is 0 Å². The number of nitrogens with zero attached hydrogens (tertiary/aromatic N) is 3. The van der Waals surface area contributed by atoms with Crippen molar-refractivity contribution in [3.63, 3.8) is 0 Å². The first-order chi connectivity index (χ1) is 17.0. The van der Waals surface area contributed by atoms with Crippen molar-refractivity contribution in [2.45, 2.75) is 33.3 Å². The average molecular weight is 494 g/mol. The molecule has 2 aromatic heterocycles. The minimum Gasteiger partial charge on any atom is -0.490 e. The minimum absolute atomic E-state index is 0.226.